The van der Waals surface area contributed by atoms with Gasteiger partial charge in [-0.15, -0.1) is 0 Å². The highest BCUT2D eigenvalue weighted by Gasteiger charge is 2.26. The van der Waals surface area contributed by atoms with Gasteiger partial charge in [0.1, 0.15) is 0 Å². The molecule has 1 unspecified atom stereocenters. The number of nitrogens with one attached hydrogen (secondary N) is 3. The number of furan rings is 1. The molecule has 176 valence electrons. The number of anilines is 1. The highest BCUT2D eigenvalue weighted by Crippen LogP contribution is 2.28. The first-order valence-corrected chi connectivity index (χ1v) is 12.1. The Morgan fingerprint density at radius 1 is 1.15 bits per heavy atom. The fraction of sp³-hybridized carbons (Fsp3) is 0.333. The Balaban J connectivity index is 1.11. The highest BCUT2D eigenvalue weighted by molar-refractivity contribution is 8.17. The second-order valence-electron chi connectivity index (χ2n) is 8.39. The van der Waals surface area contributed by atoms with Crippen LogP contribution in [0.25, 0.3) is 17.3 Å². The molecular weight excluding hydrogens is 452 g/mol. The van der Waals surface area contributed by atoms with Crippen LogP contribution in [-0.4, -0.2) is 43.6 Å². The number of pyridine rings is 1. The lowest BCUT2D eigenvalue weighted by molar-refractivity contribution is 0.192. The zero-order valence-corrected chi connectivity index (χ0v) is 19.3. The van der Waals surface area contributed by atoms with E-state index >= 15 is 0 Å². The van der Waals surface area contributed by atoms with Crippen LogP contribution in [0.3, 0.4) is 0 Å². The van der Waals surface area contributed by atoms with Crippen molar-refractivity contribution in [1.82, 2.24) is 25.6 Å². The molecule has 10 heteroatoms. The third kappa shape index (κ3) is 5.64. The summed E-state index contributed by atoms with van der Waals surface area (Å²) in [6.07, 6.45) is 9.92. The molecular formula is C24H26N6O3S. The number of hydrogen-bond acceptors (Lipinski definition) is 9. The standard InChI is InChI=1S/C24H26N6O3S/c31-22-21(34-24(32)30-22)12-18-8-10-25-23(29-18)28-17-6-4-16(5-7-17)26-13-19-2-1-3-20(27-19)15-9-11-33-14-15/h1-3,8-12,14,16-17,22,26,31H,4-7,13H2,(H,30,32)(H,25,28,29)/b21-12-. The molecule has 0 radical (unpaired) electrons. The van der Waals surface area contributed by atoms with Crippen LogP contribution >= 0.6 is 11.8 Å². The number of hydrogen-bond donors (Lipinski definition) is 4. The van der Waals surface area contributed by atoms with E-state index in [-0.39, 0.29) is 5.24 Å². The molecule has 1 amide bonds. The molecule has 3 aromatic rings. The highest BCUT2D eigenvalue weighted by atomic mass is 32.2. The van der Waals surface area contributed by atoms with Gasteiger partial charge in [-0.05, 0) is 67.8 Å². The van der Waals surface area contributed by atoms with E-state index in [4.69, 9.17) is 9.40 Å². The van der Waals surface area contributed by atoms with Crippen molar-refractivity contribution < 1.29 is 14.3 Å². The molecule has 34 heavy (non-hydrogen) atoms. The maximum atomic E-state index is 11.4. The van der Waals surface area contributed by atoms with Gasteiger partial charge in [0.2, 0.25) is 5.95 Å². The molecule has 4 heterocycles. The Morgan fingerprint density at radius 3 is 2.76 bits per heavy atom. The number of rotatable bonds is 7. The van der Waals surface area contributed by atoms with Gasteiger partial charge >= 0.3 is 0 Å². The summed E-state index contributed by atoms with van der Waals surface area (Å²) in [6.45, 7) is 0.732. The molecule has 1 saturated heterocycles. The molecule has 4 N–H and O–H groups in total. The predicted octanol–water partition coefficient (Wildman–Crippen LogP) is 3.76. The Hall–Kier alpha value is -3.21. The molecule has 0 spiro atoms. The maximum Gasteiger partial charge on any atom is 0.285 e. The Kier molecular flexibility index (Phi) is 6.89. The first-order chi connectivity index (χ1) is 16.6. The van der Waals surface area contributed by atoms with E-state index in [1.165, 1.54) is 0 Å². The number of carbonyl (C=O) groups is 1. The molecule has 5 rings (SSSR count). The molecule has 1 saturated carbocycles. The van der Waals surface area contributed by atoms with Crippen molar-refractivity contribution in [2.24, 2.45) is 0 Å². The molecule has 1 aliphatic heterocycles. The molecule has 3 aromatic heterocycles. The number of thioether (sulfide) groups is 1. The summed E-state index contributed by atoms with van der Waals surface area (Å²) >= 11 is 0.978. The molecule has 9 nitrogen and oxygen atoms in total. The smallest absolute Gasteiger partial charge is 0.285 e. The van der Waals surface area contributed by atoms with Crippen LogP contribution in [0.2, 0.25) is 0 Å². The van der Waals surface area contributed by atoms with Crippen molar-refractivity contribution in [2.45, 2.75) is 50.5 Å². The van der Waals surface area contributed by atoms with Crippen molar-refractivity contribution in [2.75, 3.05) is 5.32 Å². The second kappa shape index (κ2) is 10.4. The number of aromatic nitrogens is 3. The average molecular weight is 479 g/mol. The van der Waals surface area contributed by atoms with Gasteiger partial charge in [0.25, 0.3) is 5.24 Å². The SMILES string of the molecule is O=C1NC(O)/C(=C/c2ccnc(NC3CCC(NCc4cccc(-c5ccoc5)n4)CC3)n2)S1. The van der Waals surface area contributed by atoms with E-state index in [9.17, 15) is 9.90 Å². The van der Waals surface area contributed by atoms with Gasteiger partial charge in [-0.1, -0.05) is 6.07 Å². The minimum absolute atomic E-state index is 0.266. The molecule has 1 atom stereocenters. The van der Waals surface area contributed by atoms with Crippen LogP contribution in [0.1, 0.15) is 37.1 Å². The molecule has 0 aromatic carbocycles. The maximum absolute atomic E-state index is 11.4. The Morgan fingerprint density at radius 2 is 2.00 bits per heavy atom. The largest absolute Gasteiger partial charge is 0.472 e. The van der Waals surface area contributed by atoms with Gasteiger partial charge in [-0.2, -0.15) is 0 Å². The number of aliphatic hydroxyl groups is 1. The first kappa shape index (κ1) is 22.6. The monoisotopic (exact) mass is 478 g/mol. The predicted molar refractivity (Wildman–Crippen MR) is 131 cm³/mol. The number of amides is 1. The second-order valence-corrected chi connectivity index (χ2v) is 9.43. The van der Waals surface area contributed by atoms with E-state index in [0.717, 1.165) is 60.9 Å². The van der Waals surface area contributed by atoms with Crippen molar-refractivity contribution in [3.63, 3.8) is 0 Å². The number of aliphatic hydroxyl groups excluding tert-OH is 1. The summed E-state index contributed by atoms with van der Waals surface area (Å²) < 4.78 is 5.16. The Labute approximate surface area is 201 Å². The zero-order valence-electron chi connectivity index (χ0n) is 18.5. The Bertz CT molecular complexity index is 1160. The molecule has 1 aliphatic carbocycles. The van der Waals surface area contributed by atoms with Crippen LogP contribution in [0.4, 0.5) is 10.7 Å². The van der Waals surface area contributed by atoms with Gasteiger partial charge in [0, 0.05) is 35.3 Å². The van der Waals surface area contributed by atoms with E-state index in [2.05, 4.69) is 25.9 Å². The van der Waals surface area contributed by atoms with Crippen molar-refractivity contribution in [1.29, 1.82) is 0 Å². The lowest BCUT2D eigenvalue weighted by Gasteiger charge is -2.29. The summed E-state index contributed by atoms with van der Waals surface area (Å²) in [5, 5.41) is 19.1. The lowest BCUT2D eigenvalue weighted by Crippen LogP contribution is -2.37. The summed E-state index contributed by atoms with van der Waals surface area (Å²) in [5.74, 6) is 0.558. The van der Waals surface area contributed by atoms with E-state index < -0.39 is 6.23 Å². The van der Waals surface area contributed by atoms with Crippen molar-refractivity contribution >= 4 is 29.0 Å². The molecule has 2 fully saturated rings. The van der Waals surface area contributed by atoms with Gasteiger partial charge in [-0.25, -0.2) is 9.97 Å². The van der Waals surface area contributed by atoms with Crippen LogP contribution in [0.5, 0.6) is 0 Å². The van der Waals surface area contributed by atoms with Crippen LogP contribution in [0, 0.1) is 0 Å². The molecule has 0 bridgehead atoms. The zero-order chi connectivity index (χ0) is 23.3. The fourth-order valence-corrected chi connectivity index (χ4v) is 4.91. The van der Waals surface area contributed by atoms with Crippen LogP contribution in [0.15, 0.2) is 58.4 Å². The van der Waals surface area contributed by atoms with E-state index in [0.29, 0.717) is 28.6 Å². The topological polar surface area (TPSA) is 125 Å². The lowest BCUT2D eigenvalue weighted by atomic mass is 9.91. The summed E-state index contributed by atoms with van der Waals surface area (Å²) in [4.78, 5) is 25.5. The normalized spacial score (nSPS) is 23.7. The number of nitrogens with zero attached hydrogens (tertiary/aromatic N) is 3. The van der Waals surface area contributed by atoms with E-state index in [1.54, 1.807) is 30.9 Å². The van der Waals surface area contributed by atoms with Gasteiger partial charge in [0.15, 0.2) is 6.23 Å². The minimum Gasteiger partial charge on any atom is -0.472 e. The third-order valence-electron chi connectivity index (χ3n) is 5.96. The van der Waals surface area contributed by atoms with Crippen LogP contribution < -0.4 is 16.0 Å². The average Bonchev–Trinajstić information content (AvgIpc) is 3.49. The quantitative estimate of drug-likeness (QED) is 0.402. The summed E-state index contributed by atoms with van der Waals surface area (Å²) in [5.41, 5.74) is 3.57. The first-order valence-electron chi connectivity index (χ1n) is 11.3. The molecule has 2 aliphatic rings. The summed E-state index contributed by atoms with van der Waals surface area (Å²) in [6, 6.07) is 10.5. The van der Waals surface area contributed by atoms with Crippen molar-refractivity contribution in [3.8, 4) is 11.3 Å². The fourth-order valence-electron chi connectivity index (χ4n) is 4.17. The van der Waals surface area contributed by atoms with Gasteiger partial charge in [0.05, 0.1) is 29.6 Å². The van der Waals surface area contributed by atoms with Gasteiger partial charge < -0.3 is 25.5 Å². The number of carbonyl (C=O) groups excluding carboxylic acids is 1. The van der Waals surface area contributed by atoms with Gasteiger partial charge in [-0.3, -0.25) is 9.78 Å². The van der Waals surface area contributed by atoms with Crippen LogP contribution in [-0.2, 0) is 6.54 Å². The minimum atomic E-state index is -0.977. The van der Waals surface area contributed by atoms with E-state index in [1.807, 2.05) is 24.3 Å². The third-order valence-corrected chi connectivity index (χ3v) is 6.84. The summed E-state index contributed by atoms with van der Waals surface area (Å²) in [7, 11) is 0. The van der Waals surface area contributed by atoms with Crippen molar-refractivity contribution in [3.05, 3.63) is 65.3 Å².